The standard InChI is InChI=1S/C13H20N2O3S/c1-11-2-4-13(5-3-11)19(16,17)15-8-6-12(7-9-15)10-18-14/h2-5,12H,6-10,14H2,1H3. The van der Waals surface area contributed by atoms with E-state index >= 15 is 0 Å². The van der Waals surface area contributed by atoms with E-state index in [9.17, 15) is 8.42 Å². The minimum absolute atomic E-state index is 0.356. The van der Waals surface area contributed by atoms with Gasteiger partial charge >= 0.3 is 0 Å². The van der Waals surface area contributed by atoms with Crippen LogP contribution >= 0.6 is 0 Å². The first-order chi connectivity index (χ1) is 9.04. The molecule has 5 nitrogen and oxygen atoms in total. The van der Waals surface area contributed by atoms with Crippen molar-refractivity contribution >= 4 is 10.0 Å². The third-order valence-corrected chi connectivity index (χ3v) is 5.48. The maximum absolute atomic E-state index is 12.4. The van der Waals surface area contributed by atoms with E-state index in [1.165, 1.54) is 0 Å². The van der Waals surface area contributed by atoms with E-state index in [1.807, 2.05) is 19.1 Å². The predicted molar refractivity (Wildman–Crippen MR) is 72.8 cm³/mol. The van der Waals surface area contributed by atoms with Crippen LogP contribution in [0.2, 0.25) is 0 Å². The zero-order chi connectivity index (χ0) is 13.9. The highest BCUT2D eigenvalue weighted by Gasteiger charge is 2.29. The second-order valence-corrected chi connectivity index (χ2v) is 6.93. The summed E-state index contributed by atoms with van der Waals surface area (Å²) < 4.78 is 26.4. The lowest BCUT2D eigenvalue weighted by Gasteiger charge is -2.30. The van der Waals surface area contributed by atoms with Crippen molar-refractivity contribution in [1.29, 1.82) is 0 Å². The fraction of sp³-hybridized carbons (Fsp3) is 0.538. The molecule has 0 bridgehead atoms. The molecule has 2 N–H and O–H groups in total. The number of piperidine rings is 1. The van der Waals surface area contributed by atoms with Gasteiger partial charge in [0.15, 0.2) is 0 Å². The third-order valence-electron chi connectivity index (χ3n) is 3.56. The number of nitrogens with zero attached hydrogens (tertiary/aromatic N) is 1. The van der Waals surface area contributed by atoms with Crippen LogP contribution in [0.3, 0.4) is 0 Å². The van der Waals surface area contributed by atoms with Crippen molar-refractivity contribution in [1.82, 2.24) is 4.31 Å². The number of hydrogen-bond donors (Lipinski definition) is 1. The average Bonchev–Trinajstić information content (AvgIpc) is 2.40. The first-order valence-corrected chi connectivity index (χ1v) is 7.86. The summed E-state index contributed by atoms with van der Waals surface area (Å²) >= 11 is 0. The van der Waals surface area contributed by atoms with Gasteiger partial charge in [-0.05, 0) is 37.8 Å². The molecule has 106 valence electrons. The molecule has 1 aromatic rings. The molecule has 1 fully saturated rings. The summed E-state index contributed by atoms with van der Waals surface area (Å²) in [7, 11) is -3.36. The van der Waals surface area contributed by atoms with Crippen LogP contribution in [-0.4, -0.2) is 32.4 Å². The third kappa shape index (κ3) is 3.33. The second-order valence-electron chi connectivity index (χ2n) is 4.99. The van der Waals surface area contributed by atoms with E-state index in [0.29, 0.717) is 30.5 Å². The van der Waals surface area contributed by atoms with Gasteiger partial charge < -0.3 is 4.84 Å². The maximum atomic E-state index is 12.4. The molecule has 6 heteroatoms. The SMILES string of the molecule is Cc1ccc(S(=O)(=O)N2CCC(CON)CC2)cc1. The molecule has 0 amide bonds. The van der Waals surface area contributed by atoms with Crippen LogP contribution in [0.15, 0.2) is 29.2 Å². The quantitative estimate of drug-likeness (QED) is 0.846. The fourth-order valence-electron chi connectivity index (χ4n) is 2.31. The topological polar surface area (TPSA) is 72.6 Å². The Balaban J connectivity index is 2.07. The van der Waals surface area contributed by atoms with Crippen LogP contribution in [0.5, 0.6) is 0 Å². The number of rotatable bonds is 4. The van der Waals surface area contributed by atoms with Crippen molar-refractivity contribution in [2.24, 2.45) is 11.8 Å². The van der Waals surface area contributed by atoms with E-state index in [4.69, 9.17) is 5.90 Å². The van der Waals surface area contributed by atoms with Crippen LogP contribution in [0.25, 0.3) is 0 Å². The summed E-state index contributed by atoms with van der Waals surface area (Å²) in [5.74, 6) is 5.41. The van der Waals surface area contributed by atoms with Crippen molar-refractivity contribution in [2.75, 3.05) is 19.7 Å². The molecule has 1 aromatic carbocycles. The summed E-state index contributed by atoms with van der Waals surface area (Å²) in [5.41, 5.74) is 1.05. The van der Waals surface area contributed by atoms with Gasteiger partial charge in [-0.1, -0.05) is 17.7 Å². The predicted octanol–water partition coefficient (Wildman–Crippen LogP) is 1.29. The molecule has 19 heavy (non-hydrogen) atoms. The molecule has 0 spiro atoms. The molecule has 1 aliphatic heterocycles. The van der Waals surface area contributed by atoms with Crippen molar-refractivity contribution in [3.63, 3.8) is 0 Å². The van der Waals surface area contributed by atoms with Crippen molar-refractivity contribution in [2.45, 2.75) is 24.7 Å². The Labute approximate surface area is 114 Å². The van der Waals surface area contributed by atoms with E-state index in [1.54, 1.807) is 16.4 Å². The summed E-state index contributed by atoms with van der Waals surface area (Å²) in [5, 5.41) is 0. The van der Waals surface area contributed by atoms with Gasteiger partial charge in [0.1, 0.15) is 0 Å². The van der Waals surface area contributed by atoms with Crippen molar-refractivity contribution < 1.29 is 13.3 Å². The summed E-state index contributed by atoms with van der Waals surface area (Å²) in [6, 6.07) is 6.98. The minimum Gasteiger partial charge on any atom is -0.304 e. The van der Waals surface area contributed by atoms with Gasteiger partial charge in [0.25, 0.3) is 0 Å². The van der Waals surface area contributed by atoms with Crippen LogP contribution in [0.4, 0.5) is 0 Å². The van der Waals surface area contributed by atoms with E-state index < -0.39 is 10.0 Å². The van der Waals surface area contributed by atoms with Gasteiger partial charge in [-0.15, -0.1) is 0 Å². The molecule has 0 aliphatic carbocycles. The molecule has 2 rings (SSSR count). The van der Waals surface area contributed by atoms with Crippen LogP contribution < -0.4 is 5.90 Å². The number of aryl methyl sites for hydroxylation is 1. The normalized spacial score (nSPS) is 18.6. The van der Waals surface area contributed by atoms with Gasteiger partial charge in [-0.2, -0.15) is 4.31 Å². The highest BCUT2D eigenvalue weighted by Crippen LogP contribution is 2.23. The molecule has 0 atom stereocenters. The largest absolute Gasteiger partial charge is 0.304 e. The number of hydrogen-bond acceptors (Lipinski definition) is 4. The first-order valence-electron chi connectivity index (χ1n) is 6.42. The Hall–Kier alpha value is -0.950. The van der Waals surface area contributed by atoms with E-state index in [0.717, 1.165) is 18.4 Å². The van der Waals surface area contributed by atoms with Crippen LogP contribution in [0, 0.1) is 12.8 Å². The molecule has 0 unspecified atom stereocenters. The van der Waals surface area contributed by atoms with Crippen molar-refractivity contribution in [3.8, 4) is 0 Å². The Morgan fingerprint density at radius 2 is 1.84 bits per heavy atom. The Morgan fingerprint density at radius 1 is 1.26 bits per heavy atom. The Kier molecular flexibility index (Phi) is 4.57. The molecular weight excluding hydrogens is 264 g/mol. The number of sulfonamides is 1. The molecule has 0 aromatic heterocycles. The van der Waals surface area contributed by atoms with Gasteiger partial charge in [-0.25, -0.2) is 14.3 Å². The zero-order valence-electron chi connectivity index (χ0n) is 11.1. The monoisotopic (exact) mass is 284 g/mol. The fourth-order valence-corrected chi connectivity index (χ4v) is 3.78. The van der Waals surface area contributed by atoms with Gasteiger partial charge in [0.2, 0.25) is 10.0 Å². The molecule has 1 saturated heterocycles. The van der Waals surface area contributed by atoms with Gasteiger partial charge in [0.05, 0.1) is 11.5 Å². The molecular formula is C13H20N2O3S. The second kappa shape index (κ2) is 6.00. The summed E-state index contributed by atoms with van der Waals surface area (Å²) in [4.78, 5) is 5.00. The van der Waals surface area contributed by atoms with Crippen LogP contribution in [0.1, 0.15) is 18.4 Å². The molecule has 0 radical (unpaired) electrons. The maximum Gasteiger partial charge on any atom is 0.243 e. The highest BCUT2D eigenvalue weighted by molar-refractivity contribution is 7.89. The van der Waals surface area contributed by atoms with E-state index in [-0.39, 0.29) is 0 Å². The molecule has 0 saturated carbocycles. The number of benzene rings is 1. The number of nitrogens with two attached hydrogens (primary N) is 1. The first kappa shape index (κ1) is 14.5. The Bertz CT molecular complexity index is 505. The van der Waals surface area contributed by atoms with Crippen molar-refractivity contribution in [3.05, 3.63) is 29.8 Å². The smallest absolute Gasteiger partial charge is 0.243 e. The van der Waals surface area contributed by atoms with Gasteiger partial charge in [0, 0.05) is 13.1 Å². The Morgan fingerprint density at radius 3 is 2.37 bits per heavy atom. The molecule has 1 heterocycles. The lowest BCUT2D eigenvalue weighted by atomic mass is 9.99. The average molecular weight is 284 g/mol. The van der Waals surface area contributed by atoms with Crippen LogP contribution in [-0.2, 0) is 14.9 Å². The zero-order valence-corrected chi connectivity index (χ0v) is 11.9. The summed E-state index contributed by atoms with van der Waals surface area (Å²) in [6.45, 7) is 3.50. The van der Waals surface area contributed by atoms with Gasteiger partial charge in [-0.3, -0.25) is 0 Å². The summed E-state index contributed by atoms with van der Waals surface area (Å²) in [6.07, 6.45) is 1.59. The lowest BCUT2D eigenvalue weighted by molar-refractivity contribution is 0.0805. The lowest BCUT2D eigenvalue weighted by Crippen LogP contribution is -2.39. The minimum atomic E-state index is -3.36. The molecule has 1 aliphatic rings. The highest BCUT2D eigenvalue weighted by atomic mass is 32.2. The van der Waals surface area contributed by atoms with E-state index in [2.05, 4.69) is 4.84 Å².